The van der Waals surface area contributed by atoms with E-state index in [-0.39, 0.29) is 0 Å². The lowest BCUT2D eigenvalue weighted by Crippen LogP contribution is -2.03. The SMILES string of the molecule is COCc1ccc(CCCOCc2ccc(CCOCCc3ccc(C)cc3)cc2)cc1. The van der Waals surface area contributed by atoms with Crippen molar-refractivity contribution < 1.29 is 14.2 Å². The summed E-state index contributed by atoms with van der Waals surface area (Å²) in [5.74, 6) is 0. The summed E-state index contributed by atoms with van der Waals surface area (Å²) in [7, 11) is 1.72. The van der Waals surface area contributed by atoms with Crippen LogP contribution >= 0.6 is 0 Å². The van der Waals surface area contributed by atoms with Gasteiger partial charge in [-0.15, -0.1) is 0 Å². The van der Waals surface area contributed by atoms with Gasteiger partial charge in [-0.2, -0.15) is 0 Å². The van der Waals surface area contributed by atoms with Gasteiger partial charge in [0.05, 0.1) is 26.4 Å². The summed E-state index contributed by atoms with van der Waals surface area (Å²) in [6.45, 7) is 5.75. The quantitative estimate of drug-likeness (QED) is 0.288. The summed E-state index contributed by atoms with van der Waals surface area (Å²) >= 11 is 0. The van der Waals surface area contributed by atoms with E-state index in [0.717, 1.165) is 45.5 Å². The van der Waals surface area contributed by atoms with E-state index in [1.165, 1.54) is 33.4 Å². The minimum Gasteiger partial charge on any atom is -0.381 e. The highest BCUT2D eigenvalue weighted by Gasteiger charge is 1.99. The molecule has 3 aromatic rings. The summed E-state index contributed by atoms with van der Waals surface area (Å²) in [6, 6.07) is 26.0. The number of aryl methyl sites for hydroxylation is 2. The molecule has 3 aromatic carbocycles. The summed E-state index contributed by atoms with van der Waals surface area (Å²) < 4.78 is 16.8. The van der Waals surface area contributed by atoms with Crippen LogP contribution in [0.2, 0.25) is 0 Å². The van der Waals surface area contributed by atoms with Crippen LogP contribution in [0.5, 0.6) is 0 Å². The molecule has 170 valence electrons. The smallest absolute Gasteiger partial charge is 0.0716 e. The van der Waals surface area contributed by atoms with Crippen molar-refractivity contribution in [3.63, 3.8) is 0 Å². The average molecular weight is 433 g/mol. The lowest BCUT2D eigenvalue weighted by atomic mass is 10.1. The lowest BCUT2D eigenvalue weighted by molar-refractivity contribution is 0.118. The van der Waals surface area contributed by atoms with E-state index in [1.54, 1.807) is 7.11 Å². The fraction of sp³-hybridized carbons (Fsp3) is 0.379. The Morgan fingerprint density at radius 3 is 1.53 bits per heavy atom. The van der Waals surface area contributed by atoms with E-state index in [1.807, 2.05) is 0 Å². The lowest BCUT2D eigenvalue weighted by Gasteiger charge is -2.08. The first-order valence-corrected chi connectivity index (χ1v) is 11.6. The number of benzene rings is 3. The molecule has 3 nitrogen and oxygen atoms in total. The van der Waals surface area contributed by atoms with E-state index < -0.39 is 0 Å². The Bertz CT molecular complexity index is 883. The Morgan fingerprint density at radius 1 is 0.500 bits per heavy atom. The zero-order chi connectivity index (χ0) is 22.4. The number of methoxy groups -OCH3 is 1. The monoisotopic (exact) mass is 432 g/mol. The molecule has 0 aliphatic carbocycles. The maximum Gasteiger partial charge on any atom is 0.0716 e. The molecule has 0 saturated heterocycles. The molecule has 32 heavy (non-hydrogen) atoms. The van der Waals surface area contributed by atoms with Crippen molar-refractivity contribution in [1.29, 1.82) is 0 Å². The summed E-state index contributed by atoms with van der Waals surface area (Å²) in [4.78, 5) is 0. The van der Waals surface area contributed by atoms with Crippen LogP contribution in [0.25, 0.3) is 0 Å². The number of hydrogen-bond acceptors (Lipinski definition) is 3. The molecule has 0 heterocycles. The van der Waals surface area contributed by atoms with Crippen molar-refractivity contribution in [2.45, 2.75) is 45.8 Å². The van der Waals surface area contributed by atoms with Gasteiger partial charge in [0, 0.05) is 13.7 Å². The van der Waals surface area contributed by atoms with Gasteiger partial charge in [-0.05, 0) is 60.4 Å². The molecule has 0 spiro atoms. The largest absolute Gasteiger partial charge is 0.381 e. The van der Waals surface area contributed by atoms with Gasteiger partial charge < -0.3 is 14.2 Å². The van der Waals surface area contributed by atoms with E-state index in [9.17, 15) is 0 Å². The molecule has 3 rings (SSSR count). The molecule has 0 atom stereocenters. The molecule has 0 amide bonds. The van der Waals surface area contributed by atoms with Crippen molar-refractivity contribution in [3.8, 4) is 0 Å². The second-order valence-electron chi connectivity index (χ2n) is 8.32. The average Bonchev–Trinajstić information content (AvgIpc) is 2.82. The number of hydrogen-bond donors (Lipinski definition) is 0. The molecular weight excluding hydrogens is 396 g/mol. The third kappa shape index (κ3) is 8.96. The maximum absolute atomic E-state index is 5.86. The first-order chi connectivity index (χ1) is 15.7. The van der Waals surface area contributed by atoms with Crippen LogP contribution in [-0.2, 0) is 46.7 Å². The third-order valence-electron chi connectivity index (χ3n) is 5.57. The zero-order valence-electron chi connectivity index (χ0n) is 19.5. The molecule has 0 aliphatic heterocycles. The standard InChI is InChI=1S/C29H36O3/c1-24-5-7-26(8-6-24)17-20-31-21-18-27-11-15-29(16-12-27)23-32-19-3-4-25-9-13-28(14-10-25)22-30-2/h5-16H,3-4,17-23H2,1-2H3. The Labute approximate surface area is 193 Å². The van der Waals surface area contributed by atoms with Crippen LogP contribution in [0.1, 0.15) is 39.8 Å². The molecule has 0 N–H and O–H groups in total. The van der Waals surface area contributed by atoms with E-state index in [0.29, 0.717) is 13.2 Å². The van der Waals surface area contributed by atoms with E-state index in [2.05, 4.69) is 79.7 Å². The van der Waals surface area contributed by atoms with Gasteiger partial charge in [0.15, 0.2) is 0 Å². The van der Waals surface area contributed by atoms with Crippen molar-refractivity contribution in [1.82, 2.24) is 0 Å². The fourth-order valence-electron chi connectivity index (χ4n) is 3.58. The van der Waals surface area contributed by atoms with Gasteiger partial charge in [-0.1, -0.05) is 78.4 Å². The maximum atomic E-state index is 5.86. The zero-order valence-corrected chi connectivity index (χ0v) is 19.5. The van der Waals surface area contributed by atoms with E-state index in [4.69, 9.17) is 14.2 Å². The Kier molecular flexibility index (Phi) is 10.5. The van der Waals surface area contributed by atoms with Crippen molar-refractivity contribution in [2.75, 3.05) is 26.9 Å². The molecule has 0 saturated carbocycles. The highest BCUT2D eigenvalue weighted by atomic mass is 16.5. The topological polar surface area (TPSA) is 27.7 Å². The van der Waals surface area contributed by atoms with Crippen LogP contribution in [0.15, 0.2) is 72.8 Å². The van der Waals surface area contributed by atoms with Gasteiger partial charge in [-0.3, -0.25) is 0 Å². The molecule has 0 aliphatic rings. The highest BCUT2D eigenvalue weighted by Crippen LogP contribution is 2.10. The normalized spacial score (nSPS) is 11.1. The summed E-state index contributed by atoms with van der Waals surface area (Å²) in [5, 5.41) is 0. The first kappa shape index (κ1) is 24.2. The minimum absolute atomic E-state index is 0.667. The van der Waals surface area contributed by atoms with Crippen molar-refractivity contribution >= 4 is 0 Å². The van der Waals surface area contributed by atoms with Gasteiger partial charge in [0.25, 0.3) is 0 Å². The molecule has 3 heteroatoms. The van der Waals surface area contributed by atoms with Crippen LogP contribution < -0.4 is 0 Å². The number of ether oxygens (including phenoxy) is 3. The molecular formula is C29H36O3. The predicted octanol–water partition coefficient (Wildman–Crippen LogP) is 6.09. The fourth-order valence-corrected chi connectivity index (χ4v) is 3.58. The minimum atomic E-state index is 0.667. The second kappa shape index (κ2) is 13.8. The Balaban J connectivity index is 1.24. The molecule has 0 radical (unpaired) electrons. The van der Waals surface area contributed by atoms with Crippen LogP contribution in [0.3, 0.4) is 0 Å². The molecule has 0 aromatic heterocycles. The Morgan fingerprint density at radius 2 is 0.969 bits per heavy atom. The van der Waals surface area contributed by atoms with Gasteiger partial charge in [-0.25, -0.2) is 0 Å². The van der Waals surface area contributed by atoms with Crippen molar-refractivity contribution in [3.05, 3.63) is 106 Å². The summed E-state index contributed by atoms with van der Waals surface area (Å²) in [5.41, 5.74) is 7.72. The van der Waals surface area contributed by atoms with E-state index >= 15 is 0 Å². The number of rotatable bonds is 14. The van der Waals surface area contributed by atoms with Gasteiger partial charge in [0.1, 0.15) is 0 Å². The van der Waals surface area contributed by atoms with Crippen LogP contribution in [0, 0.1) is 6.92 Å². The Hall–Kier alpha value is -2.46. The second-order valence-corrected chi connectivity index (χ2v) is 8.32. The molecule has 0 unspecified atom stereocenters. The molecule has 0 bridgehead atoms. The van der Waals surface area contributed by atoms with Crippen LogP contribution in [0.4, 0.5) is 0 Å². The van der Waals surface area contributed by atoms with Crippen LogP contribution in [-0.4, -0.2) is 26.9 Å². The van der Waals surface area contributed by atoms with Gasteiger partial charge in [0.2, 0.25) is 0 Å². The van der Waals surface area contributed by atoms with Crippen molar-refractivity contribution in [2.24, 2.45) is 0 Å². The predicted molar refractivity (Wildman–Crippen MR) is 131 cm³/mol. The highest BCUT2D eigenvalue weighted by molar-refractivity contribution is 5.23. The van der Waals surface area contributed by atoms with Gasteiger partial charge >= 0.3 is 0 Å². The summed E-state index contributed by atoms with van der Waals surface area (Å²) in [6.07, 6.45) is 3.98. The molecule has 0 fully saturated rings. The first-order valence-electron chi connectivity index (χ1n) is 11.6. The third-order valence-corrected chi connectivity index (χ3v) is 5.57.